The topological polar surface area (TPSA) is 70.5 Å². The van der Waals surface area contributed by atoms with Crippen LogP contribution in [0.15, 0.2) is 46.9 Å². The molecule has 100 valence electrons. The Kier molecular flexibility index (Phi) is 2.32. The number of anilines is 1. The predicted octanol–water partition coefficient (Wildman–Crippen LogP) is 2.92. The number of oxazole rings is 1. The lowest BCUT2D eigenvalue weighted by molar-refractivity contribution is 0.0726. The Balaban J connectivity index is 1.72. The van der Waals surface area contributed by atoms with Crippen molar-refractivity contribution in [2.75, 3.05) is 12.3 Å². The van der Waals surface area contributed by atoms with Gasteiger partial charge in [-0.2, -0.15) is 0 Å². The number of rotatable bonds is 1. The van der Waals surface area contributed by atoms with Gasteiger partial charge in [0.05, 0.1) is 5.69 Å². The van der Waals surface area contributed by atoms with Crippen LogP contribution in [0, 0.1) is 0 Å². The Morgan fingerprint density at radius 1 is 1.05 bits per heavy atom. The number of benzene rings is 2. The first-order valence-corrected chi connectivity index (χ1v) is 6.35. The Morgan fingerprint density at radius 2 is 1.90 bits per heavy atom. The molecule has 1 unspecified atom stereocenters. The van der Waals surface area contributed by atoms with Gasteiger partial charge in [-0.3, -0.25) is 0 Å². The summed E-state index contributed by atoms with van der Waals surface area (Å²) in [6.07, 6.45) is -0.364. The van der Waals surface area contributed by atoms with Crippen LogP contribution in [-0.2, 0) is 0 Å². The molecule has 5 heteroatoms. The van der Waals surface area contributed by atoms with Crippen LogP contribution >= 0.6 is 0 Å². The van der Waals surface area contributed by atoms with Gasteiger partial charge in [-0.05, 0) is 24.3 Å². The number of para-hydroxylation sites is 3. The summed E-state index contributed by atoms with van der Waals surface area (Å²) >= 11 is 0. The van der Waals surface area contributed by atoms with E-state index >= 15 is 0 Å². The fourth-order valence-corrected chi connectivity index (χ4v) is 2.27. The van der Waals surface area contributed by atoms with Gasteiger partial charge in [0.1, 0.15) is 12.1 Å². The maximum absolute atomic E-state index is 5.88. The van der Waals surface area contributed by atoms with Gasteiger partial charge in [-0.15, -0.1) is 0 Å². The van der Waals surface area contributed by atoms with Crippen molar-refractivity contribution in [3.63, 3.8) is 0 Å². The number of fused-ring (bicyclic) bond motifs is 2. The second-order valence-electron chi connectivity index (χ2n) is 4.61. The molecule has 0 amide bonds. The first kappa shape index (κ1) is 11.2. The van der Waals surface area contributed by atoms with Crippen molar-refractivity contribution in [2.45, 2.75) is 6.10 Å². The van der Waals surface area contributed by atoms with Gasteiger partial charge < -0.3 is 19.6 Å². The number of aromatic nitrogens is 1. The van der Waals surface area contributed by atoms with Gasteiger partial charge in [-0.1, -0.05) is 18.2 Å². The van der Waals surface area contributed by atoms with Crippen LogP contribution in [0.25, 0.3) is 11.1 Å². The standard InChI is InChI=1S/C15H12N2O3/c16-9-4-3-7-12-14(9)17-15(20-12)13-8-18-10-5-1-2-6-11(10)19-13/h1-7,13H,8,16H2. The van der Waals surface area contributed by atoms with E-state index in [2.05, 4.69) is 4.98 Å². The Morgan fingerprint density at radius 3 is 2.75 bits per heavy atom. The first-order chi connectivity index (χ1) is 9.81. The zero-order valence-corrected chi connectivity index (χ0v) is 10.6. The SMILES string of the molecule is Nc1cccc2oc(C3COc4ccccc4O3)nc12. The van der Waals surface area contributed by atoms with Gasteiger partial charge in [0.25, 0.3) is 0 Å². The summed E-state index contributed by atoms with van der Waals surface area (Å²) in [7, 11) is 0. The minimum absolute atomic E-state index is 0.364. The molecular weight excluding hydrogens is 256 g/mol. The lowest BCUT2D eigenvalue weighted by atomic mass is 10.2. The van der Waals surface area contributed by atoms with E-state index in [1.165, 1.54) is 0 Å². The molecule has 1 aliphatic heterocycles. The summed E-state index contributed by atoms with van der Waals surface area (Å²) in [4.78, 5) is 4.41. The van der Waals surface area contributed by atoms with E-state index < -0.39 is 0 Å². The zero-order valence-electron chi connectivity index (χ0n) is 10.6. The molecule has 20 heavy (non-hydrogen) atoms. The summed E-state index contributed by atoms with van der Waals surface area (Å²) in [5.41, 5.74) is 7.79. The molecule has 2 heterocycles. The van der Waals surface area contributed by atoms with Gasteiger partial charge in [-0.25, -0.2) is 4.98 Å². The number of nitrogens with zero attached hydrogens (tertiary/aromatic N) is 1. The summed E-state index contributed by atoms with van der Waals surface area (Å²) in [5.74, 6) is 1.91. The molecule has 5 nitrogen and oxygen atoms in total. The second kappa shape index (κ2) is 4.16. The van der Waals surface area contributed by atoms with Crippen LogP contribution in [-0.4, -0.2) is 11.6 Å². The number of hydrogen-bond donors (Lipinski definition) is 1. The molecule has 1 aromatic heterocycles. The maximum Gasteiger partial charge on any atom is 0.240 e. The highest BCUT2D eigenvalue weighted by molar-refractivity contribution is 5.85. The molecule has 0 saturated carbocycles. The van der Waals surface area contributed by atoms with Crippen LogP contribution in [0.3, 0.4) is 0 Å². The van der Waals surface area contributed by atoms with E-state index in [-0.39, 0.29) is 6.10 Å². The molecule has 4 rings (SSSR count). The van der Waals surface area contributed by atoms with Gasteiger partial charge in [0.15, 0.2) is 17.1 Å². The highest BCUT2D eigenvalue weighted by Crippen LogP contribution is 2.36. The van der Waals surface area contributed by atoms with Crippen molar-refractivity contribution in [3.8, 4) is 11.5 Å². The van der Waals surface area contributed by atoms with Crippen molar-refractivity contribution < 1.29 is 13.9 Å². The molecule has 2 aromatic carbocycles. The van der Waals surface area contributed by atoms with Crippen molar-refractivity contribution in [1.29, 1.82) is 0 Å². The van der Waals surface area contributed by atoms with Crippen LogP contribution in [0.4, 0.5) is 5.69 Å². The van der Waals surface area contributed by atoms with E-state index in [0.717, 1.165) is 5.75 Å². The molecule has 0 radical (unpaired) electrons. The minimum atomic E-state index is -0.364. The minimum Gasteiger partial charge on any atom is -0.485 e. The molecule has 0 spiro atoms. The van der Waals surface area contributed by atoms with Gasteiger partial charge in [0, 0.05) is 0 Å². The normalized spacial score (nSPS) is 17.3. The fraction of sp³-hybridized carbons (Fsp3) is 0.133. The maximum atomic E-state index is 5.88. The molecular formula is C15H12N2O3. The van der Waals surface area contributed by atoms with Crippen LogP contribution in [0.1, 0.15) is 12.0 Å². The largest absolute Gasteiger partial charge is 0.485 e. The molecule has 3 aromatic rings. The second-order valence-corrected chi connectivity index (χ2v) is 4.61. The summed E-state index contributed by atoms with van der Waals surface area (Å²) in [5, 5.41) is 0. The van der Waals surface area contributed by atoms with Crippen molar-refractivity contribution in [3.05, 3.63) is 48.4 Å². The zero-order chi connectivity index (χ0) is 13.5. The van der Waals surface area contributed by atoms with Crippen molar-refractivity contribution in [1.82, 2.24) is 4.98 Å². The Bertz CT molecular complexity index is 782. The highest BCUT2D eigenvalue weighted by Gasteiger charge is 2.27. The van der Waals surface area contributed by atoms with E-state index in [1.54, 1.807) is 6.07 Å². The third kappa shape index (κ3) is 1.67. The van der Waals surface area contributed by atoms with E-state index in [0.29, 0.717) is 35.0 Å². The monoisotopic (exact) mass is 268 g/mol. The quantitative estimate of drug-likeness (QED) is 0.687. The predicted molar refractivity (Wildman–Crippen MR) is 73.7 cm³/mol. The Labute approximate surface area is 114 Å². The van der Waals surface area contributed by atoms with E-state index in [4.69, 9.17) is 19.6 Å². The molecule has 0 bridgehead atoms. The van der Waals surface area contributed by atoms with Crippen LogP contribution in [0.5, 0.6) is 11.5 Å². The summed E-state index contributed by atoms with van der Waals surface area (Å²) in [6.45, 7) is 0.365. The molecule has 0 fully saturated rings. The lowest BCUT2D eigenvalue weighted by Gasteiger charge is -2.24. The molecule has 1 aliphatic rings. The fourth-order valence-electron chi connectivity index (χ4n) is 2.27. The summed E-state index contributed by atoms with van der Waals surface area (Å²) < 4.78 is 17.2. The average molecular weight is 268 g/mol. The smallest absolute Gasteiger partial charge is 0.240 e. The van der Waals surface area contributed by atoms with Crippen LogP contribution in [0.2, 0.25) is 0 Å². The Hall–Kier alpha value is -2.69. The van der Waals surface area contributed by atoms with Gasteiger partial charge in [0.2, 0.25) is 12.0 Å². The van der Waals surface area contributed by atoms with E-state index in [9.17, 15) is 0 Å². The molecule has 2 N–H and O–H groups in total. The number of nitrogen functional groups attached to an aromatic ring is 1. The van der Waals surface area contributed by atoms with Crippen molar-refractivity contribution >= 4 is 16.8 Å². The van der Waals surface area contributed by atoms with E-state index in [1.807, 2.05) is 36.4 Å². The van der Waals surface area contributed by atoms with Crippen molar-refractivity contribution in [2.24, 2.45) is 0 Å². The van der Waals surface area contributed by atoms with Gasteiger partial charge >= 0.3 is 0 Å². The average Bonchev–Trinajstić information content (AvgIpc) is 2.92. The lowest BCUT2D eigenvalue weighted by Crippen LogP contribution is -2.21. The third-order valence-electron chi connectivity index (χ3n) is 3.25. The number of nitrogens with two attached hydrogens (primary N) is 1. The first-order valence-electron chi connectivity index (χ1n) is 6.35. The third-order valence-corrected chi connectivity index (χ3v) is 3.25. The van der Waals surface area contributed by atoms with Crippen LogP contribution < -0.4 is 15.2 Å². The molecule has 0 aliphatic carbocycles. The molecule has 0 saturated heterocycles. The number of hydrogen-bond acceptors (Lipinski definition) is 5. The molecule has 1 atom stereocenters. The highest BCUT2D eigenvalue weighted by atomic mass is 16.6. The summed E-state index contributed by atoms with van der Waals surface area (Å²) in [6, 6.07) is 13.0. The number of ether oxygens (including phenoxy) is 2.